The second-order valence-corrected chi connectivity index (χ2v) is 6.47. The topological polar surface area (TPSA) is 88.9 Å². The van der Waals surface area contributed by atoms with Gasteiger partial charge >= 0.3 is 0 Å². The number of hydrazine groups is 1. The molecule has 138 valence electrons. The molecule has 7 nitrogen and oxygen atoms in total. The lowest BCUT2D eigenvalue weighted by molar-refractivity contribution is -0.119. The van der Waals surface area contributed by atoms with E-state index in [2.05, 4.69) is 21.0 Å². The lowest BCUT2D eigenvalue weighted by Gasteiger charge is -2.07. The SMILES string of the molecule is Cn1c(SCC(=O)NNC(=O)c2ccc(F)cc2)nnc1-c1ccccc1. The summed E-state index contributed by atoms with van der Waals surface area (Å²) < 4.78 is 14.6. The Bertz CT molecular complexity index is 944. The summed E-state index contributed by atoms with van der Waals surface area (Å²) in [6.07, 6.45) is 0. The highest BCUT2D eigenvalue weighted by atomic mass is 32.2. The minimum atomic E-state index is -0.529. The Morgan fingerprint density at radius 2 is 1.74 bits per heavy atom. The van der Waals surface area contributed by atoms with E-state index in [1.807, 2.05) is 37.4 Å². The number of benzene rings is 2. The Balaban J connectivity index is 1.52. The molecule has 0 aliphatic rings. The standard InChI is InChI=1S/C18H16FN5O2S/c1-24-16(12-5-3-2-4-6-12)21-23-18(24)27-11-15(25)20-22-17(26)13-7-9-14(19)10-8-13/h2-10H,11H2,1H3,(H,20,25)(H,22,26). The first-order valence-corrected chi connectivity index (χ1v) is 8.95. The van der Waals surface area contributed by atoms with Crippen LogP contribution in [-0.4, -0.2) is 32.3 Å². The van der Waals surface area contributed by atoms with Crippen LogP contribution >= 0.6 is 11.8 Å². The Kier molecular flexibility index (Phi) is 5.82. The number of thioether (sulfide) groups is 1. The molecule has 3 rings (SSSR count). The van der Waals surface area contributed by atoms with Gasteiger partial charge in [-0.2, -0.15) is 0 Å². The van der Waals surface area contributed by atoms with Crippen LogP contribution in [0.3, 0.4) is 0 Å². The predicted molar refractivity (Wildman–Crippen MR) is 99.2 cm³/mol. The van der Waals surface area contributed by atoms with Gasteiger partial charge in [0.15, 0.2) is 11.0 Å². The summed E-state index contributed by atoms with van der Waals surface area (Å²) >= 11 is 1.20. The van der Waals surface area contributed by atoms with E-state index in [9.17, 15) is 14.0 Å². The number of aromatic nitrogens is 3. The van der Waals surface area contributed by atoms with Crippen LogP contribution in [-0.2, 0) is 11.8 Å². The average molecular weight is 385 g/mol. The van der Waals surface area contributed by atoms with E-state index in [1.165, 1.54) is 36.0 Å². The van der Waals surface area contributed by atoms with Crippen LogP contribution in [0.25, 0.3) is 11.4 Å². The van der Waals surface area contributed by atoms with Crippen molar-refractivity contribution in [2.24, 2.45) is 7.05 Å². The third-order valence-electron chi connectivity index (χ3n) is 3.62. The van der Waals surface area contributed by atoms with E-state index in [4.69, 9.17) is 0 Å². The highest BCUT2D eigenvalue weighted by Gasteiger charge is 2.13. The van der Waals surface area contributed by atoms with Crippen molar-refractivity contribution in [3.05, 3.63) is 66.0 Å². The van der Waals surface area contributed by atoms with Crippen LogP contribution in [0.1, 0.15) is 10.4 Å². The maximum absolute atomic E-state index is 12.9. The molecule has 0 fully saturated rings. The van der Waals surface area contributed by atoms with Gasteiger partial charge in [0.1, 0.15) is 5.82 Å². The van der Waals surface area contributed by atoms with E-state index in [1.54, 1.807) is 4.57 Å². The first-order valence-electron chi connectivity index (χ1n) is 7.97. The van der Waals surface area contributed by atoms with Crippen LogP contribution in [0.5, 0.6) is 0 Å². The van der Waals surface area contributed by atoms with Gasteiger partial charge in [-0.3, -0.25) is 20.4 Å². The molecule has 2 aromatic carbocycles. The summed E-state index contributed by atoms with van der Waals surface area (Å²) in [7, 11) is 1.82. The summed E-state index contributed by atoms with van der Waals surface area (Å²) in [5.74, 6) is -0.628. The van der Waals surface area contributed by atoms with Crippen molar-refractivity contribution < 1.29 is 14.0 Å². The van der Waals surface area contributed by atoms with E-state index < -0.39 is 17.6 Å². The molecular weight excluding hydrogens is 369 g/mol. The van der Waals surface area contributed by atoms with Gasteiger partial charge in [0.2, 0.25) is 5.91 Å². The van der Waals surface area contributed by atoms with Gasteiger partial charge in [-0.1, -0.05) is 42.1 Å². The number of rotatable bonds is 5. The number of amides is 2. The van der Waals surface area contributed by atoms with Crippen LogP contribution < -0.4 is 10.9 Å². The summed E-state index contributed by atoms with van der Waals surface area (Å²) in [5, 5.41) is 8.81. The van der Waals surface area contributed by atoms with E-state index in [0.29, 0.717) is 11.0 Å². The van der Waals surface area contributed by atoms with Crippen molar-refractivity contribution in [1.29, 1.82) is 0 Å². The van der Waals surface area contributed by atoms with Gasteiger partial charge in [0, 0.05) is 18.2 Å². The summed E-state index contributed by atoms with van der Waals surface area (Å²) in [6.45, 7) is 0. The van der Waals surface area contributed by atoms with E-state index in [0.717, 1.165) is 5.56 Å². The smallest absolute Gasteiger partial charge is 0.269 e. The Hall–Kier alpha value is -3.20. The lowest BCUT2D eigenvalue weighted by atomic mass is 10.2. The molecule has 0 aliphatic heterocycles. The first-order chi connectivity index (χ1) is 13.0. The fourth-order valence-corrected chi connectivity index (χ4v) is 2.96. The van der Waals surface area contributed by atoms with Crippen molar-refractivity contribution in [2.45, 2.75) is 5.16 Å². The quantitative estimate of drug-likeness (QED) is 0.519. The number of carbonyl (C=O) groups excluding carboxylic acids is 2. The van der Waals surface area contributed by atoms with E-state index in [-0.39, 0.29) is 11.3 Å². The maximum atomic E-state index is 12.9. The predicted octanol–water partition coefficient (Wildman–Crippen LogP) is 2.17. The molecule has 0 saturated heterocycles. The van der Waals surface area contributed by atoms with Crippen molar-refractivity contribution in [1.82, 2.24) is 25.6 Å². The molecular formula is C18H16FN5O2S. The lowest BCUT2D eigenvalue weighted by Crippen LogP contribution is -2.42. The zero-order valence-electron chi connectivity index (χ0n) is 14.3. The zero-order valence-corrected chi connectivity index (χ0v) is 15.2. The van der Waals surface area contributed by atoms with E-state index >= 15 is 0 Å². The van der Waals surface area contributed by atoms with Crippen molar-refractivity contribution >= 4 is 23.6 Å². The molecule has 0 unspecified atom stereocenters. The van der Waals surface area contributed by atoms with Gasteiger partial charge in [-0.05, 0) is 24.3 Å². The van der Waals surface area contributed by atoms with Gasteiger partial charge < -0.3 is 4.57 Å². The number of nitrogens with one attached hydrogen (secondary N) is 2. The molecule has 0 bridgehead atoms. The normalized spacial score (nSPS) is 10.4. The number of halogens is 1. The monoisotopic (exact) mass is 385 g/mol. The van der Waals surface area contributed by atoms with Crippen molar-refractivity contribution in [3.8, 4) is 11.4 Å². The van der Waals surface area contributed by atoms with Crippen LogP contribution in [0, 0.1) is 5.82 Å². The molecule has 0 saturated carbocycles. The zero-order chi connectivity index (χ0) is 19.2. The number of hydrogen-bond acceptors (Lipinski definition) is 5. The molecule has 2 N–H and O–H groups in total. The third kappa shape index (κ3) is 4.70. The number of hydrogen-bond donors (Lipinski definition) is 2. The molecule has 9 heteroatoms. The fourth-order valence-electron chi connectivity index (χ4n) is 2.25. The molecule has 27 heavy (non-hydrogen) atoms. The molecule has 0 atom stereocenters. The molecule has 3 aromatic rings. The minimum absolute atomic E-state index is 0.0461. The third-order valence-corrected chi connectivity index (χ3v) is 4.64. The summed E-state index contributed by atoms with van der Waals surface area (Å²) in [6, 6.07) is 14.6. The molecule has 0 aliphatic carbocycles. The molecule has 2 amide bonds. The van der Waals surface area contributed by atoms with Crippen molar-refractivity contribution in [2.75, 3.05) is 5.75 Å². The molecule has 1 heterocycles. The average Bonchev–Trinajstić information content (AvgIpc) is 3.06. The summed E-state index contributed by atoms with van der Waals surface area (Å²) in [5.41, 5.74) is 5.76. The van der Waals surface area contributed by atoms with Gasteiger partial charge in [-0.25, -0.2) is 4.39 Å². The van der Waals surface area contributed by atoms with Crippen LogP contribution in [0.4, 0.5) is 4.39 Å². The maximum Gasteiger partial charge on any atom is 0.269 e. The highest BCUT2D eigenvalue weighted by molar-refractivity contribution is 7.99. The second kappa shape index (κ2) is 8.45. The van der Waals surface area contributed by atoms with Crippen LogP contribution in [0.2, 0.25) is 0 Å². The van der Waals surface area contributed by atoms with Gasteiger partial charge in [0.25, 0.3) is 5.91 Å². The molecule has 0 spiro atoms. The molecule has 0 radical (unpaired) electrons. The fraction of sp³-hybridized carbons (Fsp3) is 0.111. The van der Waals surface area contributed by atoms with Crippen LogP contribution in [0.15, 0.2) is 59.8 Å². The Labute approximate surface area is 159 Å². The first kappa shape index (κ1) is 18.6. The largest absolute Gasteiger partial charge is 0.305 e. The van der Waals surface area contributed by atoms with Gasteiger partial charge in [0.05, 0.1) is 5.75 Å². The van der Waals surface area contributed by atoms with Gasteiger partial charge in [-0.15, -0.1) is 10.2 Å². The highest BCUT2D eigenvalue weighted by Crippen LogP contribution is 2.22. The Morgan fingerprint density at radius 3 is 2.44 bits per heavy atom. The number of carbonyl (C=O) groups is 2. The second-order valence-electron chi connectivity index (χ2n) is 5.53. The van der Waals surface area contributed by atoms with Crippen molar-refractivity contribution in [3.63, 3.8) is 0 Å². The summed E-state index contributed by atoms with van der Waals surface area (Å²) in [4.78, 5) is 23.8. The minimum Gasteiger partial charge on any atom is -0.305 e. The Morgan fingerprint density at radius 1 is 1.04 bits per heavy atom. The number of nitrogens with zero attached hydrogens (tertiary/aromatic N) is 3. The molecule has 1 aromatic heterocycles.